The number of rotatable bonds is 5. The molecule has 0 bridgehead atoms. The molecule has 0 saturated heterocycles. The molecule has 1 aromatic rings. The molecule has 0 fully saturated rings. The molecule has 78 valence electrons. The molecule has 1 atom stereocenters. The minimum atomic E-state index is -2.46. The van der Waals surface area contributed by atoms with Crippen molar-refractivity contribution in [3.05, 3.63) is 24.3 Å². The van der Waals surface area contributed by atoms with Crippen molar-refractivity contribution >= 4 is 0 Å². The Morgan fingerprint density at radius 1 is 1.43 bits per heavy atom. The SMILES string of the molecule is CCCNC(c1cnccn1)C(F)F. The van der Waals surface area contributed by atoms with E-state index >= 15 is 0 Å². The molecule has 1 N–H and O–H groups in total. The monoisotopic (exact) mass is 201 g/mol. The lowest BCUT2D eigenvalue weighted by molar-refractivity contribution is 0.0964. The predicted molar refractivity (Wildman–Crippen MR) is 49.1 cm³/mol. The summed E-state index contributed by atoms with van der Waals surface area (Å²) < 4.78 is 25.2. The van der Waals surface area contributed by atoms with Gasteiger partial charge >= 0.3 is 0 Å². The maximum atomic E-state index is 12.6. The molecule has 0 radical (unpaired) electrons. The molecule has 1 unspecified atom stereocenters. The third-order valence-electron chi connectivity index (χ3n) is 1.77. The van der Waals surface area contributed by atoms with Gasteiger partial charge in [0.05, 0.1) is 11.9 Å². The lowest BCUT2D eigenvalue weighted by Crippen LogP contribution is -2.28. The molecular formula is C9H13F2N3. The summed E-state index contributed by atoms with van der Waals surface area (Å²) in [5.74, 6) is 0. The molecule has 1 aromatic heterocycles. The van der Waals surface area contributed by atoms with Gasteiger partial charge in [0.25, 0.3) is 6.43 Å². The van der Waals surface area contributed by atoms with Crippen molar-refractivity contribution in [2.75, 3.05) is 6.54 Å². The molecule has 0 aliphatic carbocycles. The lowest BCUT2D eigenvalue weighted by Gasteiger charge is -2.16. The third-order valence-corrected chi connectivity index (χ3v) is 1.77. The Hall–Kier alpha value is -1.10. The first-order valence-corrected chi connectivity index (χ1v) is 4.53. The Balaban J connectivity index is 2.68. The van der Waals surface area contributed by atoms with Gasteiger partial charge < -0.3 is 5.32 Å². The molecule has 0 amide bonds. The first-order valence-electron chi connectivity index (χ1n) is 4.53. The van der Waals surface area contributed by atoms with Crippen molar-refractivity contribution in [3.8, 4) is 0 Å². The Kier molecular flexibility index (Phi) is 4.39. The zero-order chi connectivity index (χ0) is 10.4. The van der Waals surface area contributed by atoms with Gasteiger partial charge in [-0.3, -0.25) is 9.97 Å². The van der Waals surface area contributed by atoms with Crippen LogP contribution in [0.2, 0.25) is 0 Å². The number of alkyl halides is 2. The van der Waals surface area contributed by atoms with Crippen LogP contribution >= 0.6 is 0 Å². The molecule has 1 rings (SSSR count). The largest absolute Gasteiger partial charge is 0.304 e. The first-order chi connectivity index (χ1) is 6.75. The van der Waals surface area contributed by atoms with E-state index in [9.17, 15) is 8.78 Å². The summed E-state index contributed by atoms with van der Waals surface area (Å²) in [4.78, 5) is 7.61. The molecule has 5 heteroatoms. The predicted octanol–water partition coefficient (Wildman–Crippen LogP) is 1.78. The Morgan fingerprint density at radius 3 is 2.71 bits per heavy atom. The molecule has 0 saturated carbocycles. The van der Waals surface area contributed by atoms with Gasteiger partial charge in [-0.05, 0) is 13.0 Å². The fourth-order valence-electron chi connectivity index (χ4n) is 1.09. The van der Waals surface area contributed by atoms with E-state index in [0.717, 1.165) is 6.42 Å². The van der Waals surface area contributed by atoms with Crippen LogP contribution in [0, 0.1) is 0 Å². The van der Waals surface area contributed by atoms with Gasteiger partial charge in [-0.15, -0.1) is 0 Å². The van der Waals surface area contributed by atoms with Crippen molar-refractivity contribution in [3.63, 3.8) is 0 Å². The second-order valence-corrected chi connectivity index (χ2v) is 2.90. The van der Waals surface area contributed by atoms with Crippen molar-refractivity contribution in [1.82, 2.24) is 15.3 Å². The van der Waals surface area contributed by atoms with Crippen LogP contribution in [0.15, 0.2) is 18.6 Å². The zero-order valence-corrected chi connectivity index (χ0v) is 7.95. The smallest absolute Gasteiger partial charge is 0.259 e. The minimum Gasteiger partial charge on any atom is -0.304 e. The van der Waals surface area contributed by atoms with E-state index in [1.54, 1.807) is 0 Å². The van der Waals surface area contributed by atoms with Crippen molar-refractivity contribution in [2.24, 2.45) is 0 Å². The van der Waals surface area contributed by atoms with Crippen LogP contribution in [0.1, 0.15) is 25.1 Å². The number of halogens is 2. The normalized spacial score (nSPS) is 13.1. The van der Waals surface area contributed by atoms with E-state index in [-0.39, 0.29) is 5.69 Å². The highest BCUT2D eigenvalue weighted by molar-refractivity contribution is 5.03. The standard InChI is InChI=1S/C9H13F2N3/c1-2-3-14-8(9(10)11)7-6-12-4-5-13-7/h4-6,8-9,14H,2-3H2,1H3. The van der Waals surface area contributed by atoms with Gasteiger partial charge in [0.15, 0.2) is 0 Å². The Bertz CT molecular complexity index is 253. The van der Waals surface area contributed by atoms with Crippen LogP contribution in [0.5, 0.6) is 0 Å². The minimum absolute atomic E-state index is 0.288. The highest BCUT2D eigenvalue weighted by atomic mass is 19.3. The van der Waals surface area contributed by atoms with Gasteiger partial charge in [0.2, 0.25) is 0 Å². The van der Waals surface area contributed by atoms with Crippen LogP contribution in [0.25, 0.3) is 0 Å². The van der Waals surface area contributed by atoms with E-state index in [4.69, 9.17) is 0 Å². The molecular weight excluding hydrogens is 188 g/mol. The highest BCUT2D eigenvalue weighted by Crippen LogP contribution is 2.17. The van der Waals surface area contributed by atoms with Crippen LogP contribution in [0.4, 0.5) is 8.78 Å². The molecule has 14 heavy (non-hydrogen) atoms. The van der Waals surface area contributed by atoms with Crippen LogP contribution in [-0.4, -0.2) is 22.9 Å². The fraction of sp³-hybridized carbons (Fsp3) is 0.556. The average Bonchev–Trinajstić information content (AvgIpc) is 2.19. The quantitative estimate of drug-likeness (QED) is 0.789. The molecule has 0 spiro atoms. The maximum absolute atomic E-state index is 12.6. The average molecular weight is 201 g/mol. The van der Waals surface area contributed by atoms with Crippen molar-refractivity contribution in [2.45, 2.75) is 25.8 Å². The number of aromatic nitrogens is 2. The summed E-state index contributed by atoms with van der Waals surface area (Å²) in [6.45, 7) is 2.47. The molecule has 1 heterocycles. The van der Waals surface area contributed by atoms with Gasteiger partial charge in [-0.25, -0.2) is 8.78 Å². The van der Waals surface area contributed by atoms with Crippen molar-refractivity contribution in [1.29, 1.82) is 0 Å². The lowest BCUT2D eigenvalue weighted by atomic mass is 10.2. The second kappa shape index (κ2) is 5.59. The Morgan fingerprint density at radius 2 is 2.21 bits per heavy atom. The van der Waals surface area contributed by atoms with E-state index in [1.807, 2.05) is 6.92 Å². The fourth-order valence-corrected chi connectivity index (χ4v) is 1.09. The van der Waals surface area contributed by atoms with E-state index < -0.39 is 12.5 Å². The number of nitrogens with zero attached hydrogens (tertiary/aromatic N) is 2. The first kappa shape index (κ1) is 11.0. The van der Waals surface area contributed by atoms with E-state index in [2.05, 4.69) is 15.3 Å². The summed E-state index contributed by atoms with van der Waals surface area (Å²) >= 11 is 0. The number of hydrogen-bond acceptors (Lipinski definition) is 3. The second-order valence-electron chi connectivity index (χ2n) is 2.90. The summed E-state index contributed by atoms with van der Waals surface area (Å²) in [7, 11) is 0. The molecule has 0 aliphatic heterocycles. The van der Waals surface area contributed by atoms with Crippen LogP contribution in [0.3, 0.4) is 0 Å². The van der Waals surface area contributed by atoms with Gasteiger partial charge in [0.1, 0.15) is 6.04 Å². The topological polar surface area (TPSA) is 37.8 Å². The van der Waals surface area contributed by atoms with Crippen LogP contribution in [-0.2, 0) is 0 Å². The van der Waals surface area contributed by atoms with E-state index in [0.29, 0.717) is 6.54 Å². The third kappa shape index (κ3) is 2.99. The maximum Gasteiger partial charge on any atom is 0.259 e. The Labute approximate surface area is 81.6 Å². The summed E-state index contributed by atoms with van der Waals surface area (Å²) in [5.41, 5.74) is 0.288. The van der Waals surface area contributed by atoms with Gasteiger partial charge in [-0.1, -0.05) is 6.92 Å². The van der Waals surface area contributed by atoms with Crippen molar-refractivity contribution < 1.29 is 8.78 Å². The van der Waals surface area contributed by atoms with E-state index in [1.165, 1.54) is 18.6 Å². The van der Waals surface area contributed by atoms with Gasteiger partial charge in [-0.2, -0.15) is 0 Å². The number of hydrogen-bond donors (Lipinski definition) is 1. The summed E-state index contributed by atoms with van der Waals surface area (Å²) in [6.07, 6.45) is 2.59. The summed E-state index contributed by atoms with van der Waals surface area (Å²) in [6, 6.07) is -1.01. The van der Waals surface area contributed by atoms with Gasteiger partial charge in [0, 0.05) is 12.4 Å². The molecule has 3 nitrogen and oxygen atoms in total. The highest BCUT2D eigenvalue weighted by Gasteiger charge is 2.22. The molecule has 0 aromatic carbocycles. The summed E-state index contributed by atoms with van der Waals surface area (Å²) in [5, 5.41) is 2.73. The van der Waals surface area contributed by atoms with Crippen LogP contribution < -0.4 is 5.32 Å². The zero-order valence-electron chi connectivity index (χ0n) is 7.95. The molecule has 0 aliphatic rings. The number of nitrogens with one attached hydrogen (secondary N) is 1.